The lowest BCUT2D eigenvalue weighted by molar-refractivity contribution is 0.213. The van der Waals surface area contributed by atoms with Gasteiger partial charge >= 0.3 is 0 Å². The van der Waals surface area contributed by atoms with Gasteiger partial charge < -0.3 is 21.7 Å². The molecule has 0 unspecified atom stereocenters. The number of nitrogens with one attached hydrogen (secondary N) is 3. The van der Waals surface area contributed by atoms with Gasteiger partial charge in [0.2, 0.25) is 0 Å². The maximum Gasteiger partial charge on any atom is 0.0236 e. The minimum Gasteiger partial charge on any atom is -0.329 e. The van der Waals surface area contributed by atoms with E-state index < -0.39 is 0 Å². The summed E-state index contributed by atoms with van der Waals surface area (Å²) in [5.41, 5.74) is 11.8. The molecular formula is C44H55N5. The highest BCUT2D eigenvalue weighted by Gasteiger charge is 2.28. The first-order valence-corrected chi connectivity index (χ1v) is 18.5. The molecule has 0 radical (unpaired) electrons. The molecule has 5 N–H and O–H groups in total. The fourth-order valence-electron chi connectivity index (χ4n) is 7.43. The normalized spacial score (nSPS) is 16.9. The van der Waals surface area contributed by atoms with Gasteiger partial charge in [-0.15, -0.1) is 0 Å². The molecule has 0 spiro atoms. The summed E-state index contributed by atoms with van der Waals surface area (Å²) in [6, 6.07) is 49.6. The molecule has 0 aromatic heterocycles. The van der Waals surface area contributed by atoms with Crippen LogP contribution >= 0.6 is 0 Å². The molecule has 5 nitrogen and oxygen atoms in total. The van der Waals surface area contributed by atoms with Gasteiger partial charge in [-0.2, -0.15) is 0 Å². The molecule has 6 rings (SSSR count). The zero-order valence-electron chi connectivity index (χ0n) is 29.0. The summed E-state index contributed by atoms with van der Waals surface area (Å²) in [4.78, 5) is 2.73. The van der Waals surface area contributed by atoms with Crippen LogP contribution in [-0.2, 0) is 25.7 Å². The predicted molar refractivity (Wildman–Crippen MR) is 207 cm³/mol. The third-order valence-electron chi connectivity index (χ3n) is 10.2. The highest BCUT2D eigenvalue weighted by atomic mass is 15.2. The van der Waals surface area contributed by atoms with Crippen LogP contribution in [0.5, 0.6) is 0 Å². The van der Waals surface area contributed by atoms with Gasteiger partial charge in [-0.3, -0.25) is 4.90 Å². The number of benzene rings is 5. The zero-order chi connectivity index (χ0) is 33.5. The van der Waals surface area contributed by atoms with Crippen LogP contribution in [0.1, 0.15) is 35.1 Å². The molecule has 5 heteroatoms. The van der Waals surface area contributed by atoms with Crippen LogP contribution in [0, 0.1) is 0 Å². The number of rotatable bonds is 19. The third-order valence-corrected chi connectivity index (χ3v) is 10.2. The SMILES string of the molecule is NC[C@@H](Cc1ccc2ccccc2c1)NC[C@@H]1CCCN1C[C@H](Cc1ccccc1)NC[C@H](Cc1ccccc1)NCCc1ccccc1. The van der Waals surface area contributed by atoms with E-state index in [-0.39, 0.29) is 6.04 Å². The summed E-state index contributed by atoms with van der Waals surface area (Å²) in [6.07, 6.45) is 6.50. The Hall–Kier alpha value is -3.84. The minimum atomic E-state index is 0.266. The van der Waals surface area contributed by atoms with Crippen LogP contribution in [0.4, 0.5) is 0 Å². The average molecular weight is 654 g/mol. The monoisotopic (exact) mass is 653 g/mol. The Morgan fingerprint density at radius 1 is 0.592 bits per heavy atom. The number of nitrogens with zero attached hydrogens (tertiary/aromatic N) is 1. The van der Waals surface area contributed by atoms with Crippen molar-refractivity contribution < 1.29 is 0 Å². The summed E-state index contributed by atoms with van der Waals surface area (Å²) in [5, 5.41) is 14.4. The number of likely N-dealkylation sites (tertiary alicyclic amines) is 1. The lowest BCUT2D eigenvalue weighted by Gasteiger charge is -2.32. The van der Waals surface area contributed by atoms with E-state index in [2.05, 4.69) is 154 Å². The fraction of sp³-hybridized carbons (Fsp3) is 0.364. The Kier molecular flexibility index (Phi) is 13.4. The third kappa shape index (κ3) is 11.1. The highest BCUT2D eigenvalue weighted by Crippen LogP contribution is 2.20. The van der Waals surface area contributed by atoms with E-state index in [1.807, 2.05) is 0 Å². The van der Waals surface area contributed by atoms with Crippen molar-refractivity contribution in [3.05, 3.63) is 156 Å². The van der Waals surface area contributed by atoms with E-state index in [9.17, 15) is 0 Å². The van der Waals surface area contributed by atoms with Crippen molar-refractivity contribution in [2.75, 3.05) is 39.3 Å². The van der Waals surface area contributed by atoms with Crippen molar-refractivity contribution in [1.82, 2.24) is 20.9 Å². The standard InChI is InChI=1S/C44H55N5/c45-31-41(30-38-22-23-39-19-10-11-20-40(39)27-38)48-33-44-21-12-26-49(44)34-43(29-37-17-8-3-9-18-37)47-32-42(28-36-15-6-2-7-16-36)46-25-24-35-13-4-1-5-14-35/h1-11,13-20,22-23,27,41-44,46-48H,12,21,24-26,28-34,45H2/t41-,42+,43+,44+/m1/s1. The van der Waals surface area contributed by atoms with Crippen LogP contribution in [0.15, 0.2) is 133 Å². The number of fused-ring (bicyclic) bond motifs is 1. The average Bonchev–Trinajstić information content (AvgIpc) is 3.60. The molecule has 1 fully saturated rings. The van der Waals surface area contributed by atoms with Gasteiger partial charge in [0.25, 0.3) is 0 Å². The summed E-state index contributed by atoms with van der Waals surface area (Å²) in [7, 11) is 0. The molecule has 0 amide bonds. The molecule has 1 aliphatic heterocycles. The van der Waals surface area contributed by atoms with Crippen LogP contribution in [0.2, 0.25) is 0 Å². The second-order valence-electron chi connectivity index (χ2n) is 13.9. The topological polar surface area (TPSA) is 65.3 Å². The second kappa shape index (κ2) is 18.8. The van der Waals surface area contributed by atoms with Crippen molar-refractivity contribution in [3.63, 3.8) is 0 Å². The van der Waals surface area contributed by atoms with Crippen molar-refractivity contribution in [2.45, 2.75) is 62.7 Å². The molecule has 5 aromatic rings. The van der Waals surface area contributed by atoms with Crippen molar-refractivity contribution in [3.8, 4) is 0 Å². The molecule has 256 valence electrons. The Morgan fingerprint density at radius 3 is 1.90 bits per heavy atom. The molecule has 49 heavy (non-hydrogen) atoms. The summed E-state index contributed by atoms with van der Waals surface area (Å²) < 4.78 is 0. The van der Waals surface area contributed by atoms with Gasteiger partial charge in [0.15, 0.2) is 0 Å². The van der Waals surface area contributed by atoms with E-state index in [0.29, 0.717) is 24.7 Å². The van der Waals surface area contributed by atoms with Crippen LogP contribution < -0.4 is 21.7 Å². The van der Waals surface area contributed by atoms with Gasteiger partial charge in [0.05, 0.1) is 0 Å². The summed E-state index contributed by atoms with van der Waals surface area (Å²) >= 11 is 0. The largest absolute Gasteiger partial charge is 0.329 e. The van der Waals surface area contributed by atoms with Crippen molar-refractivity contribution in [2.24, 2.45) is 5.73 Å². The lowest BCUT2D eigenvalue weighted by atomic mass is 10.0. The first-order chi connectivity index (χ1) is 24.2. The van der Waals surface area contributed by atoms with Crippen molar-refractivity contribution >= 4 is 10.8 Å². The van der Waals surface area contributed by atoms with Gasteiger partial charge in [0, 0.05) is 50.3 Å². The Labute approximate surface area is 294 Å². The van der Waals surface area contributed by atoms with Gasteiger partial charge in [-0.1, -0.05) is 133 Å². The fourth-order valence-corrected chi connectivity index (χ4v) is 7.43. The van der Waals surface area contributed by atoms with Crippen LogP contribution in [-0.4, -0.2) is 68.3 Å². The van der Waals surface area contributed by atoms with Gasteiger partial charge in [-0.25, -0.2) is 0 Å². The number of nitrogens with two attached hydrogens (primary N) is 1. The van der Waals surface area contributed by atoms with Crippen LogP contribution in [0.3, 0.4) is 0 Å². The van der Waals surface area contributed by atoms with Crippen LogP contribution in [0.25, 0.3) is 10.8 Å². The van der Waals surface area contributed by atoms with E-state index in [0.717, 1.165) is 58.4 Å². The quantitative estimate of drug-likeness (QED) is 0.0830. The van der Waals surface area contributed by atoms with Gasteiger partial charge in [-0.05, 0) is 84.6 Å². The Morgan fingerprint density at radius 2 is 1.20 bits per heavy atom. The molecular weight excluding hydrogens is 599 g/mol. The highest BCUT2D eigenvalue weighted by molar-refractivity contribution is 5.83. The number of hydrogen-bond acceptors (Lipinski definition) is 5. The molecule has 1 aliphatic rings. The van der Waals surface area contributed by atoms with E-state index >= 15 is 0 Å². The molecule has 5 aromatic carbocycles. The predicted octanol–water partition coefficient (Wildman–Crippen LogP) is 6.41. The maximum absolute atomic E-state index is 6.32. The Balaban J connectivity index is 1.07. The van der Waals surface area contributed by atoms with E-state index in [4.69, 9.17) is 5.73 Å². The minimum absolute atomic E-state index is 0.266. The molecule has 1 heterocycles. The summed E-state index contributed by atoms with van der Waals surface area (Å²) in [6.45, 7) is 5.71. The van der Waals surface area contributed by atoms with Gasteiger partial charge in [0.1, 0.15) is 0 Å². The lowest BCUT2D eigenvalue weighted by Crippen LogP contribution is -2.51. The molecule has 0 bridgehead atoms. The number of hydrogen-bond donors (Lipinski definition) is 4. The maximum atomic E-state index is 6.32. The summed E-state index contributed by atoms with van der Waals surface area (Å²) in [5.74, 6) is 0. The zero-order valence-corrected chi connectivity index (χ0v) is 29.0. The van der Waals surface area contributed by atoms with E-state index in [1.54, 1.807) is 0 Å². The molecule has 0 aliphatic carbocycles. The first kappa shape index (κ1) is 35.0. The first-order valence-electron chi connectivity index (χ1n) is 18.5. The molecule has 4 atom stereocenters. The smallest absolute Gasteiger partial charge is 0.0236 e. The molecule has 0 saturated carbocycles. The second-order valence-corrected chi connectivity index (χ2v) is 13.9. The Bertz CT molecular complexity index is 1640. The van der Waals surface area contributed by atoms with E-state index in [1.165, 1.54) is 45.9 Å². The molecule has 1 saturated heterocycles. The van der Waals surface area contributed by atoms with Crippen molar-refractivity contribution in [1.29, 1.82) is 0 Å².